The minimum absolute atomic E-state index is 0.132. The Labute approximate surface area is 207 Å². The molecular formula is C28H23ClN2O4. The number of ether oxygens (including phenoxy) is 2. The lowest BCUT2D eigenvalue weighted by Gasteiger charge is -2.16. The molecule has 0 radical (unpaired) electrons. The van der Waals surface area contributed by atoms with Gasteiger partial charge in [-0.25, -0.2) is 0 Å². The van der Waals surface area contributed by atoms with Crippen LogP contribution in [-0.2, 0) is 16.2 Å². The van der Waals surface area contributed by atoms with Crippen molar-refractivity contribution in [1.82, 2.24) is 5.01 Å². The SMILES string of the molecule is COc1cc(Cl)cc(C=NN2C(=O)[C@@H]3[C@H](C2=O)[C@H]2C=C[C@H]3C2)c1OCc1cccc2ccccc12. The lowest BCUT2D eigenvalue weighted by molar-refractivity contribution is -0.140. The molecular weight excluding hydrogens is 464 g/mol. The molecule has 0 unspecified atom stereocenters. The Kier molecular flexibility index (Phi) is 5.33. The van der Waals surface area contributed by atoms with Crippen molar-refractivity contribution < 1.29 is 19.1 Å². The molecule has 6 nitrogen and oxygen atoms in total. The van der Waals surface area contributed by atoms with Crippen LogP contribution < -0.4 is 9.47 Å². The summed E-state index contributed by atoms with van der Waals surface area (Å²) in [6.45, 7) is 0.293. The zero-order valence-corrected chi connectivity index (χ0v) is 19.8. The molecule has 4 atom stereocenters. The van der Waals surface area contributed by atoms with Gasteiger partial charge < -0.3 is 9.47 Å². The molecule has 0 aromatic heterocycles. The highest BCUT2D eigenvalue weighted by molar-refractivity contribution is 6.31. The Bertz CT molecular complexity index is 1380. The summed E-state index contributed by atoms with van der Waals surface area (Å²) in [5, 5.41) is 7.97. The van der Waals surface area contributed by atoms with E-state index in [9.17, 15) is 9.59 Å². The second kappa shape index (κ2) is 8.54. The van der Waals surface area contributed by atoms with Crippen LogP contribution >= 0.6 is 11.6 Å². The largest absolute Gasteiger partial charge is 0.493 e. The first-order valence-electron chi connectivity index (χ1n) is 11.6. The van der Waals surface area contributed by atoms with Gasteiger partial charge in [0.05, 0.1) is 25.2 Å². The van der Waals surface area contributed by atoms with Gasteiger partial charge in [-0.1, -0.05) is 66.2 Å². The third-order valence-electron chi connectivity index (χ3n) is 7.28. The van der Waals surface area contributed by atoms with Crippen molar-refractivity contribution in [2.75, 3.05) is 7.11 Å². The summed E-state index contributed by atoms with van der Waals surface area (Å²) in [7, 11) is 1.54. The minimum Gasteiger partial charge on any atom is -0.493 e. The normalized spacial score (nSPS) is 24.7. The third kappa shape index (κ3) is 3.60. The molecule has 176 valence electrons. The van der Waals surface area contributed by atoms with Crippen LogP contribution in [0.3, 0.4) is 0 Å². The van der Waals surface area contributed by atoms with Crippen LogP contribution in [-0.4, -0.2) is 30.1 Å². The molecule has 0 spiro atoms. The fraction of sp³-hybridized carbons (Fsp3) is 0.250. The maximum Gasteiger partial charge on any atom is 0.254 e. The number of benzene rings is 3. The smallest absolute Gasteiger partial charge is 0.254 e. The molecule has 3 aromatic rings. The van der Waals surface area contributed by atoms with E-state index in [0.29, 0.717) is 28.7 Å². The van der Waals surface area contributed by atoms with Gasteiger partial charge in [-0.2, -0.15) is 10.1 Å². The number of amides is 2. The van der Waals surface area contributed by atoms with Crippen LogP contribution in [0.2, 0.25) is 5.02 Å². The van der Waals surface area contributed by atoms with Crippen molar-refractivity contribution in [3.05, 3.63) is 82.9 Å². The predicted molar refractivity (Wildman–Crippen MR) is 133 cm³/mol. The molecule has 2 fully saturated rings. The quantitative estimate of drug-likeness (QED) is 0.272. The van der Waals surface area contributed by atoms with Crippen LogP contribution in [0.1, 0.15) is 17.5 Å². The minimum atomic E-state index is -0.300. The molecule has 2 aliphatic carbocycles. The second-order valence-electron chi connectivity index (χ2n) is 9.19. The molecule has 3 aliphatic rings. The number of rotatable bonds is 6. The highest BCUT2D eigenvalue weighted by Gasteiger charge is 2.59. The van der Waals surface area contributed by atoms with Gasteiger partial charge in [-0.15, -0.1) is 0 Å². The van der Waals surface area contributed by atoms with Crippen molar-refractivity contribution in [2.24, 2.45) is 28.8 Å². The third-order valence-corrected chi connectivity index (χ3v) is 7.50. The maximum atomic E-state index is 13.0. The fourth-order valence-electron chi connectivity index (χ4n) is 5.68. The number of fused-ring (bicyclic) bond motifs is 6. The van der Waals surface area contributed by atoms with Crippen molar-refractivity contribution in [1.29, 1.82) is 0 Å². The van der Waals surface area contributed by atoms with Crippen LogP contribution in [0.15, 0.2) is 71.9 Å². The molecule has 3 aromatic carbocycles. The molecule has 2 amide bonds. The Morgan fingerprint density at radius 1 is 1.03 bits per heavy atom. The van der Waals surface area contributed by atoms with E-state index in [-0.39, 0.29) is 35.5 Å². The van der Waals surface area contributed by atoms with E-state index in [1.165, 1.54) is 13.3 Å². The lowest BCUT2D eigenvalue weighted by atomic mass is 9.85. The molecule has 1 saturated carbocycles. The van der Waals surface area contributed by atoms with Gasteiger partial charge in [-0.3, -0.25) is 9.59 Å². The van der Waals surface area contributed by atoms with E-state index >= 15 is 0 Å². The fourth-order valence-corrected chi connectivity index (χ4v) is 5.90. The Hall–Kier alpha value is -3.64. The predicted octanol–water partition coefficient (Wildman–Crippen LogP) is 5.22. The molecule has 1 heterocycles. The van der Waals surface area contributed by atoms with Gasteiger partial charge in [0.1, 0.15) is 6.61 Å². The van der Waals surface area contributed by atoms with E-state index in [1.807, 2.05) is 24.3 Å². The highest BCUT2D eigenvalue weighted by Crippen LogP contribution is 2.52. The molecule has 6 rings (SSSR count). The standard InChI is InChI=1S/C28H23ClN2O4/c1-34-23-13-21(29)12-20(26(23)35-15-19-7-4-6-16-5-2-3-8-22(16)19)14-30-31-27(32)24-17-9-10-18(11-17)25(24)28(31)33/h2-10,12-14,17-18,24-25H,11,15H2,1H3/t17-,18-,24-,25+/m0/s1. The Morgan fingerprint density at radius 2 is 1.74 bits per heavy atom. The van der Waals surface area contributed by atoms with Gasteiger partial charge in [0.15, 0.2) is 11.5 Å². The summed E-state index contributed by atoms with van der Waals surface area (Å²) < 4.78 is 11.7. The van der Waals surface area contributed by atoms with Crippen LogP contribution in [0.4, 0.5) is 0 Å². The zero-order chi connectivity index (χ0) is 24.1. The summed E-state index contributed by atoms with van der Waals surface area (Å²) >= 11 is 6.32. The van der Waals surface area contributed by atoms with E-state index in [0.717, 1.165) is 27.8 Å². The first-order chi connectivity index (χ1) is 17.0. The number of carbonyl (C=O) groups is 2. The number of allylic oxidation sites excluding steroid dienone is 2. The van der Waals surface area contributed by atoms with Gasteiger partial charge in [0.2, 0.25) is 0 Å². The molecule has 1 saturated heterocycles. The molecule has 35 heavy (non-hydrogen) atoms. The first kappa shape index (κ1) is 21.9. The highest BCUT2D eigenvalue weighted by atomic mass is 35.5. The van der Waals surface area contributed by atoms with Gasteiger partial charge in [0.25, 0.3) is 11.8 Å². The van der Waals surface area contributed by atoms with Crippen molar-refractivity contribution in [2.45, 2.75) is 13.0 Å². The lowest BCUT2D eigenvalue weighted by Crippen LogP contribution is -2.28. The first-order valence-corrected chi connectivity index (χ1v) is 12.0. The number of carbonyl (C=O) groups excluding carboxylic acids is 2. The summed E-state index contributed by atoms with van der Waals surface area (Å²) in [4.78, 5) is 26.0. The van der Waals surface area contributed by atoms with Gasteiger partial charge in [-0.05, 0) is 40.7 Å². The van der Waals surface area contributed by atoms with Crippen LogP contribution in [0.25, 0.3) is 10.8 Å². The summed E-state index contributed by atoms with van der Waals surface area (Å²) in [5.74, 6) is 0.0730. The summed E-state index contributed by atoms with van der Waals surface area (Å²) in [5.41, 5.74) is 1.54. The topological polar surface area (TPSA) is 68.2 Å². The van der Waals surface area contributed by atoms with E-state index in [1.54, 1.807) is 12.1 Å². The average Bonchev–Trinajstić information content (AvgIpc) is 3.55. The Morgan fingerprint density at radius 3 is 2.49 bits per heavy atom. The number of hydrazone groups is 1. The number of methoxy groups -OCH3 is 1. The van der Waals surface area contributed by atoms with Crippen LogP contribution in [0, 0.1) is 23.7 Å². The number of imide groups is 1. The molecule has 7 heteroatoms. The maximum absolute atomic E-state index is 13.0. The number of nitrogens with zero attached hydrogens (tertiary/aromatic N) is 2. The second-order valence-corrected chi connectivity index (χ2v) is 9.62. The summed E-state index contributed by atoms with van der Waals surface area (Å²) in [6, 6.07) is 17.5. The number of hydrogen-bond donors (Lipinski definition) is 0. The van der Waals surface area contributed by atoms with E-state index in [2.05, 4.69) is 35.5 Å². The number of halogens is 1. The Balaban J connectivity index is 1.30. The number of hydrogen-bond acceptors (Lipinski definition) is 5. The van der Waals surface area contributed by atoms with E-state index < -0.39 is 0 Å². The van der Waals surface area contributed by atoms with Crippen LogP contribution in [0.5, 0.6) is 11.5 Å². The van der Waals surface area contributed by atoms with Gasteiger partial charge >= 0.3 is 0 Å². The van der Waals surface area contributed by atoms with Crippen molar-refractivity contribution >= 4 is 40.4 Å². The molecule has 2 bridgehead atoms. The average molecular weight is 487 g/mol. The van der Waals surface area contributed by atoms with Crippen molar-refractivity contribution in [3.63, 3.8) is 0 Å². The zero-order valence-electron chi connectivity index (χ0n) is 19.1. The van der Waals surface area contributed by atoms with Gasteiger partial charge in [0, 0.05) is 16.7 Å². The van der Waals surface area contributed by atoms with Crippen molar-refractivity contribution in [3.8, 4) is 11.5 Å². The summed E-state index contributed by atoms with van der Waals surface area (Å²) in [6.07, 6.45) is 6.46. The molecule has 0 N–H and O–H groups in total. The monoisotopic (exact) mass is 486 g/mol. The van der Waals surface area contributed by atoms with E-state index in [4.69, 9.17) is 21.1 Å². The molecule has 1 aliphatic heterocycles.